The number of rotatable bonds is 9. The molecule has 0 heterocycles. The van der Waals surface area contributed by atoms with Crippen molar-refractivity contribution in [1.29, 1.82) is 0 Å². The first-order valence-corrected chi connectivity index (χ1v) is 6.85. The van der Waals surface area contributed by atoms with Gasteiger partial charge in [-0.25, -0.2) is 0 Å². The summed E-state index contributed by atoms with van der Waals surface area (Å²) in [7, 11) is 1.74. The summed E-state index contributed by atoms with van der Waals surface area (Å²) >= 11 is 0. The summed E-state index contributed by atoms with van der Waals surface area (Å²) < 4.78 is 5.02. The van der Waals surface area contributed by atoms with Gasteiger partial charge in [0, 0.05) is 39.0 Å². The summed E-state index contributed by atoms with van der Waals surface area (Å²) in [6, 6.07) is 8.83. The van der Waals surface area contributed by atoms with Crippen LogP contribution in [0.5, 0.6) is 0 Å². The van der Waals surface area contributed by atoms with Crippen molar-refractivity contribution in [3.05, 3.63) is 29.8 Å². The zero-order chi connectivity index (χ0) is 13.2. The number of hydrogen-bond donors (Lipinski definition) is 1. The highest BCUT2D eigenvalue weighted by Crippen LogP contribution is 2.14. The van der Waals surface area contributed by atoms with Crippen LogP contribution < -0.4 is 10.2 Å². The normalized spacial score (nSPS) is 10.6. The van der Waals surface area contributed by atoms with Gasteiger partial charge in [-0.15, -0.1) is 0 Å². The van der Waals surface area contributed by atoms with Crippen LogP contribution in [-0.2, 0) is 11.3 Å². The lowest BCUT2D eigenvalue weighted by atomic mass is 10.2. The molecule has 0 saturated heterocycles. The molecule has 3 heteroatoms. The molecule has 0 aliphatic carbocycles. The molecule has 1 aromatic rings. The van der Waals surface area contributed by atoms with E-state index in [1.807, 2.05) is 0 Å². The fraction of sp³-hybridized carbons (Fsp3) is 0.600. The van der Waals surface area contributed by atoms with Crippen molar-refractivity contribution in [2.24, 2.45) is 0 Å². The maximum Gasteiger partial charge on any atom is 0.0474 e. The minimum absolute atomic E-state index is 0.827. The van der Waals surface area contributed by atoms with E-state index in [1.54, 1.807) is 7.11 Å². The Morgan fingerprint density at radius 1 is 1.11 bits per heavy atom. The molecule has 0 spiro atoms. The van der Waals surface area contributed by atoms with Gasteiger partial charge in [0.1, 0.15) is 0 Å². The van der Waals surface area contributed by atoms with Gasteiger partial charge in [-0.1, -0.05) is 12.1 Å². The highest BCUT2D eigenvalue weighted by molar-refractivity contribution is 5.47. The summed E-state index contributed by atoms with van der Waals surface area (Å²) in [5, 5.41) is 3.42. The molecule has 3 nitrogen and oxygen atoms in total. The molecule has 0 amide bonds. The van der Waals surface area contributed by atoms with Crippen LogP contribution >= 0.6 is 0 Å². The van der Waals surface area contributed by atoms with E-state index in [0.717, 1.165) is 39.2 Å². The second-order valence-electron chi connectivity index (χ2n) is 4.36. The summed E-state index contributed by atoms with van der Waals surface area (Å²) in [6.07, 6.45) is 1.06. The lowest BCUT2D eigenvalue weighted by Crippen LogP contribution is -2.21. The summed E-state index contributed by atoms with van der Waals surface area (Å²) in [4.78, 5) is 2.36. The Kier molecular flexibility index (Phi) is 7.46. The predicted molar refractivity (Wildman–Crippen MR) is 78.2 cm³/mol. The quantitative estimate of drug-likeness (QED) is 0.682. The van der Waals surface area contributed by atoms with E-state index in [9.17, 15) is 0 Å². The first-order valence-electron chi connectivity index (χ1n) is 6.85. The van der Waals surface area contributed by atoms with Gasteiger partial charge in [-0.3, -0.25) is 0 Å². The molecule has 0 unspecified atom stereocenters. The summed E-state index contributed by atoms with van der Waals surface area (Å²) in [5.41, 5.74) is 2.64. The van der Waals surface area contributed by atoms with Crippen LogP contribution in [0.3, 0.4) is 0 Å². The lowest BCUT2D eigenvalue weighted by molar-refractivity contribution is 0.194. The highest BCUT2D eigenvalue weighted by atomic mass is 16.5. The van der Waals surface area contributed by atoms with Crippen molar-refractivity contribution < 1.29 is 4.74 Å². The van der Waals surface area contributed by atoms with Gasteiger partial charge in [-0.2, -0.15) is 0 Å². The van der Waals surface area contributed by atoms with E-state index in [1.165, 1.54) is 11.3 Å². The molecule has 0 radical (unpaired) electrons. The lowest BCUT2D eigenvalue weighted by Gasteiger charge is -2.21. The van der Waals surface area contributed by atoms with Crippen molar-refractivity contribution in [3.8, 4) is 0 Å². The van der Waals surface area contributed by atoms with Gasteiger partial charge in [0.2, 0.25) is 0 Å². The average Bonchev–Trinajstić information content (AvgIpc) is 2.41. The predicted octanol–water partition coefficient (Wildman–Crippen LogP) is 2.66. The summed E-state index contributed by atoms with van der Waals surface area (Å²) in [5.74, 6) is 0. The molecule has 1 rings (SSSR count). The zero-order valence-electron chi connectivity index (χ0n) is 11.9. The Morgan fingerprint density at radius 2 is 1.78 bits per heavy atom. The van der Waals surface area contributed by atoms with E-state index >= 15 is 0 Å². The van der Waals surface area contributed by atoms with E-state index in [2.05, 4.69) is 48.3 Å². The third-order valence-corrected chi connectivity index (χ3v) is 3.10. The number of anilines is 1. The molecule has 0 fully saturated rings. The van der Waals surface area contributed by atoms with Crippen molar-refractivity contribution >= 4 is 5.69 Å². The van der Waals surface area contributed by atoms with Crippen LogP contribution in [0.15, 0.2) is 24.3 Å². The fourth-order valence-electron chi connectivity index (χ4n) is 1.99. The van der Waals surface area contributed by atoms with E-state index < -0.39 is 0 Å². The van der Waals surface area contributed by atoms with Crippen LogP contribution in [-0.4, -0.2) is 33.4 Å². The van der Waals surface area contributed by atoms with Crippen LogP contribution in [0.1, 0.15) is 25.8 Å². The van der Waals surface area contributed by atoms with Gasteiger partial charge in [0.05, 0.1) is 0 Å². The molecule has 1 N–H and O–H groups in total. The van der Waals surface area contributed by atoms with Crippen LogP contribution in [0.2, 0.25) is 0 Å². The molecule has 0 aliphatic rings. The Labute approximate surface area is 111 Å². The molecular weight excluding hydrogens is 224 g/mol. The van der Waals surface area contributed by atoms with Crippen LogP contribution in [0.4, 0.5) is 5.69 Å². The number of nitrogens with zero attached hydrogens (tertiary/aromatic N) is 1. The van der Waals surface area contributed by atoms with E-state index in [4.69, 9.17) is 4.74 Å². The SMILES string of the molecule is CCN(CC)c1ccc(CNCCCOC)cc1. The topological polar surface area (TPSA) is 24.5 Å². The Bertz CT molecular complexity index is 307. The number of hydrogen-bond acceptors (Lipinski definition) is 3. The van der Waals surface area contributed by atoms with Crippen LogP contribution in [0, 0.1) is 0 Å². The molecule has 1 aromatic carbocycles. The average molecular weight is 250 g/mol. The minimum atomic E-state index is 0.827. The maximum absolute atomic E-state index is 5.02. The molecule has 0 aliphatic heterocycles. The van der Waals surface area contributed by atoms with E-state index in [-0.39, 0.29) is 0 Å². The number of nitrogens with one attached hydrogen (secondary N) is 1. The second-order valence-corrected chi connectivity index (χ2v) is 4.36. The second kappa shape index (κ2) is 8.95. The maximum atomic E-state index is 5.02. The first-order chi connectivity index (χ1) is 8.81. The molecule has 0 bridgehead atoms. The molecule has 0 saturated carbocycles. The minimum Gasteiger partial charge on any atom is -0.385 e. The summed E-state index contributed by atoms with van der Waals surface area (Å²) in [6.45, 7) is 9.27. The van der Waals surface area contributed by atoms with Gasteiger partial charge in [-0.05, 0) is 44.5 Å². The molecule has 102 valence electrons. The number of benzene rings is 1. The zero-order valence-corrected chi connectivity index (χ0v) is 11.9. The standard InChI is InChI=1S/C15H26N2O/c1-4-17(5-2)15-9-7-14(8-10-15)13-16-11-6-12-18-3/h7-10,16H,4-6,11-13H2,1-3H3. The van der Waals surface area contributed by atoms with Gasteiger partial charge < -0.3 is 15.0 Å². The smallest absolute Gasteiger partial charge is 0.0474 e. The van der Waals surface area contributed by atoms with E-state index in [0.29, 0.717) is 0 Å². The monoisotopic (exact) mass is 250 g/mol. The molecular formula is C15H26N2O. The molecule has 18 heavy (non-hydrogen) atoms. The van der Waals surface area contributed by atoms with Crippen LogP contribution in [0.25, 0.3) is 0 Å². The van der Waals surface area contributed by atoms with Crippen molar-refractivity contribution in [2.45, 2.75) is 26.8 Å². The Morgan fingerprint density at radius 3 is 2.33 bits per heavy atom. The van der Waals surface area contributed by atoms with Gasteiger partial charge in [0.25, 0.3) is 0 Å². The van der Waals surface area contributed by atoms with Crippen molar-refractivity contribution in [2.75, 3.05) is 38.3 Å². The highest BCUT2D eigenvalue weighted by Gasteiger charge is 2.00. The third-order valence-electron chi connectivity index (χ3n) is 3.10. The number of methoxy groups -OCH3 is 1. The molecule has 0 aromatic heterocycles. The fourth-order valence-corrected chi connectivity index (χ4v) is 1.99. The Hall–Kier alpha value is -1.06. The largest absolute Gasteiger partial charge is 0.385 e. The molecule has 0 atom stereocenters. The Balaban J connectivity index is 2.35. The number of ether oxygens (including phenoxy) is 1. The van der Waals surface area contributed by atoms with Crippen molar-refractivity contribution in [1.82, 2.24) is 5.32 Å². The third kappa shape index (κ3) is 5.07. The van der Waals surface area contributed by atoms with Gasteiger partial charge >= 0.3 is 0 Å². The first kappa shape index (κ1) is 15.0. The van der Waals surface area contributed by atoms with Gasteiger partial charge in [0.15, 0.2) is 0 Å². The van der Waals surface area contributed by atoms with Crippen molar-refractivity contribution in [3.63, 3.8) is 0 Å².